The van der Waals surface area contributed by atoms with Crippen molar-refractivity contribution in [3.05, 3.63) is 23.8 Å². The Balaban J connectivity index is 1.36. The summed E-state index contributed by atoms with van der Waals surface area (Å²) in [7, 11) is 0. The third-order valence-corrected chi connectivity index (χ3v) is 11.2. The molecule has 4 N–H and O–H groups in total. The molecule has 3 aliphatic heterocycles. The quantitative estimate of drug-likeness (QED) is 0.0782. The van der Waals surface area contributed by atoms with Crippen molar-refractivity contribution in [3.63, 3.8) is 0 Å². The summed E-state index contributed by atoms with van der Waals surface area (Å²) in [5.74, 6) is -0.680. The number of carbonyl (C=O) groups excluding carboxylic acids is 3. The minimum atomic E-state index is -1.02. The molecule has 3 saturated heterocycles. The Morgan fingerprint density at radius 1 is 0.900 bits per heavy atom. The molecule has 0 unspecified atom stereocenters. The number of ether oxygens (including phenoxy) is 3. The second-order valence-electron chi connectivity index (χ2n) is 15.7. The van der Waals surface area contributed by atoms with E-state index < -0.39 is 23.9 Å². The lowest BCUT2D eigenvalue weighted by Crippen LogP contribution is -2.50. The molecular formula is C40H68N2O8. The van der Waals surface area contributed by atoms with Gasteiger partial charge in [0.25, 0.3) is 0 Å². The summed E-state index contributed by atoms with van der Waals surface area (Å²) in [5, 5.41) is 26.2. The van der Waals surface area contributed by atoms with Gasteiger partial charge in [-0.3, -0.25) is 14.4 Å². The predicted octanol–water partition coefficient (Wildman–Crippen LogP) is 5.93. The van der Waals surface area contributed by atoms with E-state index in [0.29, 0.717) is 24.8 Å². The second-order valence-corrected chi connectivity index (χ2v) is 15.7. The second kappa shape index (κ2) is 20.8. The molecule has 3 fully saturated rings. The van der Waals surface area contributed by atoms with Crippen molar-refractivity contribution < 1.29 is 38.8 Å². The van der Waals surface area contributed by atoms with Crippen molar-refractivity contribution in [1.82, 2.24) is 10.6 Å². The van der Waals surface area contributed by atoms with Gasteiger partial charge >= 0.3 is 0 Å². The standard InChI is InChI=1S/C40H68N2O8/c1-8-11-32(44)23-34-17-15-27(3)37(48-34)24-38(46)42-25-35(45)30(6)39(47)41-21-10-13-36-28(4)18-20-40(50-36)19-9-12-33(49-40)16-14-26(2)22-29(5)31(7)43/h8,11,22,26-28,30-31,33-37,43,45H,9-10,12-21,23-25H2,1-7H3,(H,41,47)(H,42,46)/b11-8+,29-22+/t26-,27+,28-,30-,31-,33-,34+,35-,36+,37+,40-/m0/s1. The molecule has 0 aromatic carbocycles. The first-order chi connectivity index (χ1) is 23.7. The first kappa shape index (κ1) is 42.3. The molecule has 50 heavy (non-hydrogen) atoms. The number of rotatable bonds is 18. The Hall–Kier alpha value is -2.11. The zero-order valence-corrected chi connectivity index (χ0v) is 32.0. The molecule has 0 aromatic heterocycles. The maximum Gasteiger partial charge on any atom is 0.225 e. The first-order valence-corrected chi connectivity index (χ1v) is 19.5. The van der Waals surface area contributed by atoms with E-state index in [0.717, 1.165) is 76.2 Å². The van der Waals surface area contributed by atoms with Crippen LogP contribution in [-0.2, 0) is 28.6 Å². The van der Waals surface area contributed by atoms with Crippen molar-refractivity contribution in [1.29, 1.82) is 0 Å². The highest BCUT2D eigenvalue weighted by Crippen LogP contribution is 2.43. The summed E-state index contributed by atoms with van der Waals surface area (Å²) < 4.78 is 19.5. The average molecular weight is 705 g/mol. The van der Waals surface area contributed by atoms with Gasteiger partial charge in [-0.2, -0.15) is 0 Å². The minimum Gasteiger partial charge on any atom is -0.390 e. The maximum absolute atomic E-state index is 12.9. The zero-order valence-electron chi connectivity index (χ0n) is 32.0. The number of hydrogen-bond donors (Lipinski definition) is 4. The fraction of sp³-hybridized carbons (Fsp3) is 0.825. The number of aliphatic hydroxyl groups is 2. The number of carbonyl (C=O) groups is 3. The fourth-order valence-corrected chi connectivity index (χ4v) is 7.51. The largest absolute Gasteiger partial charge is 0.390 e. The van der Waals surface area contributed by atoms with Crippen LogP contribution in [0.5, 0.6) is 0 Å². The normalized spacial score (nSPS) is 31.6. The molecule has 0 aliphatic carbocycles. The molecule has 2 amide bonds. The van der Waals surface area contributed by atoms with E-state index in [-0.39, 0.29) is 60.9 Å². The van der Waals surface area contributed by atoms with E-state index >= 15 is 0 Å². The summed E-state index contributed by atoms with van der Waals surface area (Å²) in [5.41, 5.74) is 1.01. The minimum absolute atomic E-state index is 0.0223. The van der Waals surface area contributed by atoms with Crippen LogP contribution in [0.2, 0.25) is 0 Å². The van der Waals surface area contributed by atoms with E-state index in [4.69, 9.17) is 14.2 Å². The molecule has 11 atom stereocenters. The lowest BCUT2D eigenvalue weighted by molar-refractivity contribution is -0.324. The van der Waals surface area contributed by atoms with Gasteiger partial charge in [0, 0.05) is 32.4 Å². The molecular weight excluding hydrogens is 636 g/mol. The van der Waals surface area contributed by atoms with Crippen molar-refractivity contribution >= 4 is 17.6 Å². The van der Waals surface area contributed by atoms with Crippen LogP contribution >= 0.6 is 0 Å². The van der Waals surface area contributed by atoms with Gasteiger partial charge in [-0.1, -0.05) is 39.8 Å². The summed E-state index contributed by atoms with van der Waals surface area (Å²) in [6, 6.07) is 0. The van der Waals surface area contributed by atoms with Crippen LogP contribution in [0.3, 0.4) is 0 Å². The van der Waals surface area contributed by atoms with Gasteiger partial charge < -0.3 is 35.1 Å². The van der Waals surface area contributed by atoms with Gasteiger partial charge in [-0.15, -0.1) is 0 Å². The number of ketones is 1. The molecule has 0 bridgehead atoms. The Morgan fingerprint density at radius 3 is 2.36 bits per heavy atom. The highest BCUT2D eigenvalue weighted by molar-refractivity contribution is 5.89. The van der Waals surface area contributed by atoms with Crippen LogP contribution in [-0.4, -0.2) is 83.3 Å². The summed E-state index contributed by atoms with van der Waals surface area (Å²) >= 11 is 0. The monoisotopic (exact) mass is 704 g/mol. The molecule has 286 valence electrons. The molecule has 10 nitrogen and oxygen atoms in total. The van der Waals surface area contributed by atoms with E-state index in [2.05, 4.69) is 30.6 Å². The highest BCUT2D eigenvalue weighted by atomic mass is 16.7. The summed E-state index contributed by atoms with van der Waals surface area (Å²) in [4.78, 5) is 37.6. The van der Waals surface area contributed by atoms with Crippen molar-refractivity contribution in [2.24, 2.45) is 23.7 Å². The fourth-order valence-electron chi connectivity index (χ4n) is 7.51. The van der Waals surface area contributed by atoms with Gasteiger partial charge in [0.2, 0.25) is 11.8 Å². The lowest BCUT2D eigenvalue weighted by atomic mass is 9.85. The Kier molecular flexibility index (Phi) is 17.6. The smallest absolute Gasteiger partial charge is 0.225 e. The van der Waals surface area contributed by atoms with Gasteiger partial charge in [0.05, 0.1) is 49.0 Å². The SMILES string of the molecule is C/C=C/C(=O)C[C@H]1CC[C@@H](C)[C@@H](CC(=O)NC[C@H](O)[C@H](C)C(=O)NCCC[C@H]2O[C@@]3(CCC[C@@H](CC[C@H](C)/C=C(\C)[C@H](C)O)O3)CC[C@@H]2C)O1. The Morgan fingerprint density at radius 2 is 1.64 bits per heavy atom. The molecule has 3 heterocycles. The van der Waals surface area contributed by atoms with Gasteiger partial charge in [-0.25, -0.2) is 0 Å². The predicted molar refractivity (Wildman–Crippen MR) is 195 cm³/mol. The zero-order chi connectivity index (χ0) is 36.8. The molecule has 0 radical (unpaired) electrons. The van der Waals surface area contributed by atoms with Crippen molar-refractivity contribution in [3.8, 4) is 0 Å². The molecule has 0 saturated carbocycles. The van der Waals surface area contributed by atoms with E-state index in [1.54, 1.807) is 26.0 Å². The van der Waals surface area contributed by atoms with Crippen LogP contribution in [0.25, 0.3) is 0 Å². The van der Waals surface area contributed by atoms with Gasteiger partial charge in [0.1, 0.15) is 0 Å². The van der Waals surface area contributed by atoms with E-state index in [1.807, 2.05) is 20.8 Å². The molecule has 3 aliphatic rings. The number of aliphatic hydroxyl groups excluding tert-OH is 2. The van der Waals surface area contributed by atoms with Crippen LogP contribution in [0.1, 0.15) is 132 Å². The Bertz CT molecular complexity index is 1140. The van der Waals surface area contributed by atoms with Crippen LogP contribution in [0.4, 0.5) is 0 Å². The van der Waals surface area contributed by atoms with Gasteiger partial charge in [-0.05, 0) is 108 Å². The molecule has 3 rings (SSSR count). The van der Waals surface area contributed by atoms with E-state index in [9.17, 15) is 24.6 Å². The molecule has 0 aromatic rings. The van der Waals surface area contributed by atoms with Crippen molar-refractivity contribution in [2.75, 3.05) is 13.1 Å². The number of hydrogen-bond acceptors (Lipinski definition) is 8. The van der Waals surface area contributed by atoms with Crippen LogP contribution < -0.4 is 10.6 Å². The number of nitrogens with one attached hydrogen (secondary N) is 2. The third-order valence-electron chi connectivity index (χ3n) is 11.2. The van der Waals surface area contributed by atoms with Crippen molar-refractivity contribution in [2.45, 2.75) is 174 Å². The number of amides is 2. The van der Waals surface area contributed by atoms with E-state index in [1.165, 1.54) is 0 Å². The first-order valence-electron chi connectivity index (χ1n) is 19.5. The lowest BCUT2D eigenvalue weighted by Gasteiger charge is -2.48. The average Bonchev–Trinajstić information content (AvgIpc) is 3.07. The van der Waals surface area contributed by atoms with Crippen LogP contribution in [0, 0.1) is 23.7 Å². The summed E-state index contributed by atoms with van der Waals surface area (Å²) in [6.45, 7) is 14.2. The maximum atomic E-state index is 12.9. The highest BCUT2D eigenvalue weighted by Gasteiger charge is 2.44. The molecule has 10 heteroatoms. The summed E-state index contributed by atoms with van der Waals surface area (Å²) in [6.07, 6.45) is 14.5. The Labute approximate surface area is 301 Å². The molecule has 1 spiro atoms. The topological polar surface area (TPSA) is 143 Å². The van der Waals surface area contributed by atoms with Gasteiger partial charge in [0.15, 0.2) is 11.6 Å². The third kappa shape index (κ3) is 13.8. The number of allylic oxidation sites excluding steroid dienone is 3. The van der Waals surface area contributed by atoms with Crippen LogP contribution in [0.15, 0.2) is 23.8 Å².